The van der Waals surface area contributed by atoms with E-state index in [0.29, 0.717) is 16.7 Å². The van der Waals surface area contributed by atoms with Gasteiger partial charge in [-0.25, -0.2) is 0 Å². The molecule has 0 amide bonds. The fourth-order valence-corrected chi connectivity index (χ4v) is 2.84. The van der Waals surface area contributed by atoms with E-state index in [1.165, 1.54) is 0 Å². The second-order valence-electron chi connectivity index (χ2n) is 5.51. The summed E-state index contributed by atoms with van der Waals surface area (Å²) in [6.45, 7) is 5.27. The molecule has 0 saturated heterocycles. The van der Waals surface area contributed by atoms with Gasteiger partial charge in [-0.2, -0.15) is 0 Å². The van der Waals surface area contributed by atoms with E-state index in [9.17, 15) is 0 Å². The summed E-state index contributed by atoms with van der Waals surface area (Å²) in [4.78, 5) is 0. The van der Waals surface area contributed by atoms with Gasteiger partial charge in [0, 0.05) is 17.3 Å². The van der Waals surface area contributed by atoms with Gasteiger partial charge in [-0.15, -0.1) is 0 Å². The van der Waals surface area contributed by atoms with Crippen molar-refractivity contribution in [3.63, 3.8) is 0 Å². The normalized spacial score (nSPS) is 10.2. The number of hydrogen-bond donors (Lipinski definition) is 2. The Morgan fingerprint density at radius 3 is 2.64 bits per heavy atom. The van der Waals surface area contributed by atoms with Gasteiger partial charge in [-0.1, -0.05) is 17.7 Å². The van der Waals surface area contributed by atoms with Gasteiger partial charge in [-0.05, 0) is 73.9 Å². The first kappa shape index (κ1) is 19.3. The lowest BCUT2D eigenvalue weighted by atomic mass is 10.1. The van der Waals surface area contributed by atoms with Crippen LogP contribution in [0, 0.1) is 6.92 Å². The Kier molecular flexibility index (Phi) is 7.34. The number of thiocarbonyl (C=S) groups is 1. The highest BCUT2D eigenvalue weighted by Gasteiger charge is 2.06. The molecule has 0 fully saturated rings. The summed E-state index contributed by atoms with van der Waals surface area (Å²) in [7, 11) is 1.65. The maximum Gasteiger partial charge on any atom is 0.170 e. The van der Waals surface area contributed by atoms with Crippen LogP contribution in [0.1, 0.15) is 18.1 Å². The summed E-state index contributed by atoms with van der Waals surface area (Å²) < 4.78 is 10.9. The van der Waals surface area contributed by atoms with Gasteiger partial charge < -0.3 is 20.1 Å². The van der Waals surface area contributed by atoms with Crippen molar-refractivity contribution in [2.45, 2.75) is 20.3 Å². The van der Waals surface area contributed by atoms with Crippen LogP contribution in [0.15, 0.2) is 36.4 Å². The molecule has 2 aromatic rings. The largest absolute Gasteiger partial charge is 0.493 e. The van der Waals surface area contributed by atoms with E-state index in [-0.39, 0.29) is 0 Å². The summed E-state index contributed by atoms with van der Waals surface area (Å²) in [5, 5.41) is 7.70. The number of nitrogens with one attached hydrogen (secondary N) is 2. The first-order valence-corrected chi connectivity index (χ1v) is 8.92. The molecule has 134 valence electrons. The van der Waals surface area contributed by atoms with E-state index in [1.54, 1.807) is 7.11 Å². The first-order chi connectivity index (χ1) is 12.0. The molecule has 0 radical (unpaired) electrons. The molecule has 6 heteroatoms. The third-order valence-corrected chi connectivity index (χ3v) is 4.15. The van der Waals surface area contributed by atoms with Gasteiger partial charge in [0.05, 0.1) is 13.7 Å². The number of benzene rings is 2. The van der Waals surface area contributed by atoms with Crippen molar-refractivity contribution in [3.8, 4) is 11.5 Å². The highest BCUT2D eigenvalue weighted by Crippen LogP contribution is 2.28. The summed E-state index contributed by atoms with van der Waals surface area (Å²) in [5.74, 6) is 1.51. The van der Waals surface area contributed by atoms with Crippen molar-refractivity contribution in [1.29, 1.82) is 0 Å². The highest BCUT2D eigenvalue weighted by atomic mass is 35.5. The SMILES string of the molecule is CCOc1ccc(CCNC(=S)Nc2ccc(Cl)cc2C)cc1OC. The fraction of sp³-hybridized carbons (Fsp3) is 0.316. The predicted molar refractivity (Wildman–Crippen MR) is 108 cm³/mol. The fourth-order valence-electron chi connectivity index (χ4n) is 2.40. The molecular formula is C19H23ClN2O2S. The van der Waals surface area contributed by atoms with Crippen LogP contribution in [0.4, 0.5) is 5.69 Å². The van der Waals surface area contributed by atoms with Crippen LogP contribution in [-0.4, -0.2) is 25.4 Å². The molecule has 2 rings (SSSR count). The van der Waals surface area contributed by atoms with Crippen molar-refractivity contribution in [2.75, 3.05) is 25.6 Å². The summed E-state index contributed by atoms with van der Waals surface area (Å²) in [6, 6.07) is 11.6. The molecule has 2 N–H and O–H groups in total. The van der Waals surface area contributed by atoms with E-state index in [2.05, 4.69) is 10.6 Å². The third-order valence-electron chi connectivity index (χ3n) is 3.66. The number of hydrogen-bond acceptors (Lipinski definition) is 3. The van der Waals surface area contributed by atoms with E-state index in [4.69, 9.17) is 33.3 Å². The summed E-state index contributed by atoms with van der Waals surface area (Å²) in [5.41, 5.74) is 3.15. The van der Waals surface area contributed by atoms with Gasteiger partial charge in [0.1, 0.15) is 0 Å². The average molecular weight is 379 g/mol. The van der Waals surface area contributed by atoms with Crippen LogP contribution < -0.4 is 20.1 Å². The quantitative estimate of drug-likeness (QED) is 0.690. The number of ether oxygens (including phenoxy) is 2. The lowest BCUT2D eigenvalue weighted by molar-refractivity contribution is 0.310. The molecule has 0 aliphatic rings. The number of rotatable bonds is 7. The third kappa shape index (κ3) is 5.80. The van der Waals surface area contributed by atoms with E-state index in [0.717, 1.165) is 41.3 Å². The van der Waals surface area contributed by atoms with Crippen LogP contribution in [0.5, 0.6) is 11.5 Å². The van der Waals surface area contributed by atoms with Crippen LogP contribution in [0.3, 0.4) is 0 Å². The van der Waals surface area contributed by atoms with Gasteiger partial charge in [-0.3, -0.25) is 0 Å². The van der Waals surface area contributed by atoms with E-state index < -0.39 is 0 Å². The molecule has 0 unspecified atom stereocenters. The van der Waals surface area contributed by atoms with Crippen molar-refractivity contribution in [3.05, 3.63) is 52.5 Å². The van der Waals surface area contributed by atoms with Gasteiger partial charge in [0.2, 0.25) is 0 Å². The smallest absolute Gasteiger partial charge is 0.170 e. The molecule has 25 heavy (non-hydrogen) atoms. The Balaban J connectivity index is 1.86. The van der Waals surface area contributed by atoms with Crippen LogP contribution in [-0.2, 0) is 6.42 Å². The maximum atomic E-state index is 5.97. The maximum absolute atomic E-state index is 5.97. The first-order valence-electron chi connectivity index (χ1n) is 8.14. The molecule has 0 atom stereocenters. The van der Waals surface area contributed by atoms with Gasteiger partial charge >= 0.3 is 0 Å². The zero-order valence-electron chi connectivity index (χ0n) is 14.7. The molecule has 0 aliphatic carbocycles. The number of methoxy groups -OCH3 is 1. The van der Waals surface area contributed by atoms with E-state index >= 15 is 0 Å². The lowest BCUT2D eigenvalue weighted by Crippen LogP contribution is -2.30. The molecular weight excluding hydrogens is 356 g/mol. The molecule has 2 aromatic carbocycles. The minimum absolute atomic E-state index is 0.586. The topological polar surface area (TPSA) is 42.5 Å². The van der Waals surface area contributed by atoms with Crippen LogP contribution in [0.2, 0.25) is 5.02 Å². The number of halogens is 1. The standard InChI is InChI=1S/C19H23ClN2O2S/c1-4-24-17-8-5-14(12-18(17)23-3)9-10-21-19(25)22-16-7-6-15(20)11-13(16)2/h5-8,11-12H,4,9-10H2,1-3H3,(H2,21,22,25). The predicted octanol–water partition coefficient (Wildman–Crippen LogP) is 4.58. The second kappa shape index (κ2) is 9.49. The second-order valence-corrected chi connectivity index (χ2v) is 6.35. The minimum atomic E-state index is 0.586. The average Bonchev–Trinajstić information content (AvgIpc) is 2.59. The monoisotopic (exact) mass is 378 g/mol. The van der Waals surface area contributed by atoms with Crippen LogP contribution in [0.25, 0.3) is 0 Å². The molecule has 0 heterocycles. The van der Waals surface area contributed by atoms with Gasteiger partial charge in [0.15, 0.2) is 16.6 Å². The molecule has 0 aromatic heterocycles. The van der Waals surface area contributed by atoms with Crippen molar-refractivity contribution in [1.82, 2.24) is 5.32 Å². The summed E-state index contributed by atoms with van der Waals surface area (Å²) in [6.07, 6.45) is 0.824. The van der Waals surface area contributed by atoms with Crippen molar-refractivity contribution in [2.24, 2.45) is 0 Å². The molecule has 0 spiro atoms. The Labute approximate surface area is 159 Å². The molecule has 0 saturated carbocycles. The Morgan fingerprint density at radius 1 is 1.16 bits per heavy atom. The highest BCUT2D eigenvalue weighted by molar-refractivity contribution is 7.80. The zero-order chi connectivity index (χ0) is 18.2. The number of aryl methyl sites for hydroxylation is 1. The van der Waals surface area contributed by atoms with Crippen molar-refractivity contribution >= 4 is 34.6 Å². The minimum Gasteiger partial charge on any atom is -0.493 e. The number of anilines is 1. The molecule has 0 aliphatic heterocycles. The molecule has 4 nitrogen and oxygen atoms in total. The lowest BCUT2D eigenvalue weighted by Gasteiger charge is -2.14. The molecule has 0 bridgehead atoms. The van der Waals surface area contributed by atoms with E-state index in [1.807, 2.05) is 50.2 Å². The zero-order valence-corrected chi connectivity index (χ0v) is 16.3. The summed E-state index contributed by atoms with van der Waals surface area (Å²) >= 11 is 11.3. The van der Waals surface area contributed by atoms with Crippen LogP contribution >= 0.6 is 23.8 Å². The van der Waals surface area contributed by atoms with Gasteiger partial charge in [0.25, 0.3) is 0 Å². The van der Waals surface area contributed by atoms with Crippen molar-refractivity contribution < 1.29 is 9.47 Å². The Hall–Kier alpha value is -1.98. The Morgan fingerprint density at radius 2 is 1.96 bits per heavy atom. The Bertz CT molecular complexity index is 737.